The van der Waals surface area contributed by atoms with Crippen LogP contribution in [0.2, 0.25) is 0 Å². The summed E-state index contributed by atoms with van der Waals surface area (Å²) in [6, 6.07) is 8.28. The van der Waals surface area contributed by atoms with Crippen molar-refractivity contribution in [2.75, 3.05) is 0 Å². The second-order valence-corrected chi connectivity index (χ2v) is 6.31. The molecule has 0 amide bonds. The second-order valence-electron chi connectivity index (χ2n) is 3.56. The molecule has 2 aromatic carbocycles. The maximum Gasteiger partial charge on any atom is 1.00 e. The number of benzene rings is 2. The van der Waals surface area contributed by atoms with Gasteiger partial charge in [-0.2, -0.15) is 16.8 Å². The fourth-order valence-corrected chi connectivity index (χ4v) is 3.69. The fourth-order valence-electron chi connectivity index (χ4n) is 1.69. The molecule has 0 unspecified atom stereocenters. The summed E-state index contributed by atoms with van der Waals surface area (Å²) >= 11 is 0. The summed E-state index contributed by atoms with van der Waals surface area (Å²) < 4.78 is 63.0. The van der Waals surface area contributed by atoms with Gasteiger partial charge in [0.1, 0.15) is 9.79 Å². The van der Waals surface area contributed by atoms with Gasteiger partial charge in [0.25, 0.3) is 20.2 Å². The van der Waals surface area contributed by atoms with Crippen LogP contribution in [0.4, 0.5) is 0 Å². The summed E-state index contributed by atoms with van der Waals surface area (Å²) in [6.45, 7) is 0. The van der Waals surface area contributed by atoms with Crippen LogP contribution in [0.5, 0.6) is 0 Å². The van der Waals surface area contributed by atoms with E-state index in [0.717, 1.165) is 6.07 Å². The molecule has 0 fully saturated rings. The van der Waals surface area contributed by atoms with Gasteiger partial charge in [-0.1, -0.05) is 30.3 Å². The maximum atomic E-state index is 11.3. The van der Waals surface area contributed by atoms with E-state index in [-0.39, 0.29) is 58.2 Å². The summed E-state index contributed by atoms with van der Waals surface area (Å²) in [5, 5.41) is 0.452. The van der Waals surface area contributed by atoms with Crippen molar-refractivity contribution < 1.29 is 78.8 Å². The summed E-state index contributed by atoms with van der Waals surface area (Å²) in [7, 11) is -9.53. The number of hydrogen-bond donors (Lipinski definition) is 2. The van der Waals surface area contributed by atoms with Crippen LogP contribution in [0.1, 0.15) is 1.43 Å². The minimum Gasteiger partial charge on any atom is -1.00 e. The Balaban J connectivity index is 0.00000180. The third-order valence-corrected chi connectivity index (χ3v) is 4.36. The van der Waals surface area contributed by atoms with E-state index in [2.05, 4.69) is 0 Å². The Bertz CT molecular complexity index is 832. The van der Waals surface area contributed by atoms with Gasteiger partial charge in [-0.15, -0.1) is 0 Å². The van der Waals surface area contributed by atoms with Gasteiger partial charge in [0.2, 0.25) is 0 Å². The van der Waals surface area contributed by atoms with E-state index in [1.54, 1.807) is 12.1 Å². The van der Waals surface area contributed by atoms with E-state index < -0.39 is 30.0 Å². The maximum absolute atomic E-state index is 11.3. The molecule has 6 nitrogen and oxygen atoms in total. The molecule has 2 rings (SSSR count). The molecule has 0 radical (unpaired) electrons. The zero-order valence-corrected chi connectivity index (χ0v) is 14.6. The van der Waals surface area contributed by atoms with Crippen LogP contribution in [-0.2, 0) is 20.2 Å². The quantitative estimate of drug-likeness (QED) is 0.510. The van der Waals surface area contributed by atoms with Crippen LogP contribution in [0, 0.1) is 0 Å². The smallest absolute Gasteiger partial charge is 1.00 e. The van der Waals surface area contributed by atoms with Gasteiger partial charge in [0.05, 0.1) is 0 Å². The van der Waals surface area contributed by atoms with Crippen LogP contribution in [0.3, 0.4) is 0 Å². The zero-order chi connectivity index (χ0) is 13.6. The molecule has 0 aliphatic rings. The number of hydrogen-bond acceptors (Lipinski definition) is 4. The monoisotopic (exact) mass is 328 g/mol. The van der Waals surface area contributed by atoms with E-state index in [4.69, 9.17) is 9.11 Å². The molecular weight excluding hydrogens is 319 g/mol. The van der Waals surface area contributed by atoms with E-state index >= 15 is 0 Å². The van der Waals surface area contributed by atoms with E-state index in [9.17, 15) is 16.8 Å². The first-order valence-corrected chi connectivity index (χ1v) is 7.56. The Morgan fingerprint density at radius 3 is 1.95 bits per heavy atom. The average molecular weight is 328 g/mol. The topological polar surface area (TPSA) is 109 Å². The largest absolute Gasteiger partial charge is 1.00 e. The van der Waals surface area contributed by atoms with Crippen LogP contribution in [0.15, 0.2) is 46.2 Å². The molecule has 2 N–H and O–H groups in total. The molecule has 0 aliphatic heterocycles. The molecule has 0 aromatic heterocycles. The molecular formula is C10H9KO6S2. The molecule has 9 heteroatoms. The summed E-state index contributed by atoms with van der Waals surface area (Å²) in [6.07, 6.45) is 0. The fraction of sp³-hybridized carbons (Fsp3) is 0. The predicted molar refractivity (Wildman–Crippen MR) is 64.7 cm³/mol. The first-order valence-electron chi connectivity index (χ1n) is 4.68. The van der Waals surface area contributed by atoms with Gasteiger partial charge in [0.15, 0.2) is 0 Å². The zero-order valence-electron chi connectivity index (χ0n) is 10.8. The van der Waals surface area contributed by atoms with Crippen LogP contribution in [-0.4, -0.2) is 25.9 Å². The first kappa shape index (κ1) is 17.2. The van der Waals surface area contributed by atoms with Gasteiger partial charge in [-0.3, -0.25) is 9.11 Å². The van der Waals surface area contributed by atoms with Gasteiger partial charge in [0, 0.05) is 5.39 Å². The minimum absolute atomic E-state index is 0. The molecule has 19 heavy (non-hydrogen) atoms. The van der Waals surface area contributed by atoms with Gasteiger partial charge in [-0.05, 0) is 11.5 Å². The van der Waals surface area contributed by atoms with Crippen molar-refractivity contribution in [2.45, 2.75) is 9.79 Å². The van der Waals surface area contributed by atoms with Crippen molar-refractivity contribution >= 4 is 31.0 Å². The van der Waals surface area contributed by atoms with Gasteiger partial charge < -0.3 is 1.43 Å². The molecule has 2 aromatic rings. The number of fused-ring (bicyclic) bond motifs is 1. The van der Waals surface area contributed by atoms with Gasteiger partial charge >= 0.3 is 51.4 Å². The Morgan fingerprint density at radius 1 is 0.842 bits per heavy atom. The molecule has 0 atom stereocenters. The molecule has 0 saturated heterocycles. The normalized spacial score (nSPS) is 12.1. The van der Waals surface area contributed by atoms with Crippen molar-refractivity contribution in [3.05, 3.63) is 36.4 Å². The van der Waals surface area contributed by atoms with Crippen molar-refractivity contribution in [1.82, 2.24) is 0 Å². The summed E-state index contributed by atoms with van der Waals surface area (Å²) in [5.41, 5.74) is 0. The average Bonchev–Trinajstić information content (AvgIpc) is 2.24. The van der Waals surface area contributed by atoms with E-state index in [1.165, 1.54) is 18.2 Å². The Morgan fingerprint density at radius 2 is 1.42 bits per heavy atom. The van der Waals surface area contributed by atoms with E-state index in [1.807, 2.05) is 0 Å². The van der Waals surface area contributed by atoms with Crippen molar-refractivity contribution in [3.63, 3.8) is 0 Å². The van der Waals surface area contributed by atoms with Crippen LogP contribution >= 0.6 is 0 Å². The summed E-state index contributed by atoms with van der Waals surface area (Å²) in [5.74, 6) is 0. The SMILES string of the molecule is O=S(=O)(O)c1ccc2ccccc2c1S(=O)(=O)O.[H-].[K+]. The molecule has 0 spiro atoms. The molecule has 0 saturated carbocycles. The first-order chi connectivity index (χ1) is 8.21. The van der Waals surface area contributed by atoms with Crippen LogP contribution < -0.4 is 51.4 Å². The second kappa shape index (κ2) is 5.88. The predicted octanol–water partition coefficient (Wildman–Crippen LogP) is -1.55. The molecule has 0 heterocycles. The van der Waals surface area contributed by atoms with Crippen LogP contribution in [0.25, 0.3) is 10.8 Å². The minimum atomic E-state index is -4.78. The third-order valence-electron chi connectivity index (χ3n) is 2.38. The Labute approximate surface area is 154 Å². The van der Waals surface area contributed by atoms with Crippen molar-refractivity contribution in [1.29, 1.82) is 0 Å². The molecule has 0 bridgehead atoms. The Kier molecular flexibility index (Phi) is 5.32. The standard InChI is InChI=1S/C10H8O6S2.K.H/c11-17(12,13)9-6-5-7-3-1-2-4-8(7)10(9)18(14,15)16;;/h1-6H,(H,11,12,13)(H,14,15,16);;/q;+1;-1. The van der Waals surface area contributed by atoms with Crippen molar-refractivity contribution in [2.24, 2.45) is 0 Å². The molecule has 98 valence electrons. The molecule has 0 aliphatic carbocycles. The third kappa shape index (κ3) is 3.63. The number of rotatable bonds is 2. The van der Waals surface area contributed by atoms with Gasteiger partial charge in [-0.25, -0.2) is 0 Å². The van der Waals surface area contributed by atoms with Crippen molar-refractivity contribution in [3.8, 4) is 0 Å². The Hall–Kier alpha value is 0.156. The summed E-state index contributed by atoms with van der Waals surface area (Å²) in [4.78, 5) is -1.66. The van der Waals surface area contributed by atoms with E-state index in [0.29, 0.717) is 5.39 Å².